The highest BCUT2D eigenvalue weighted by molar-refractivity contribution is 5.83. The van der Waals surface area contributed by atoms with Crippen molar-refractivity contribution in [3.05, 3.63) is 35.9 Å². The summed E-state index contributed by atoms with van der Waals surface area (Å²) in [5.41, 5.74) is 0.954. The molecule has 0 aromatic heterocycles. The number of rotatable bonds is 6. The molecule has 0 saturated heterocycles. The smallest absolute Gasteiger partial charge is 0.329 e. The van der Waals surface area contributed by atoms with Crippen molar-refractivity contribution in [3.8, 4) is 12.3 Å². The number of carbonyl (C=O) groups is 2. The molecule has 0 heterocycles. The number of hydrogen-bond acceptors (Lipinski definition) is 3. The van der Waals surface area contributed by atoms with Gasteiger partial charge in [-0.1, -0.05) is 30.3 Å². The maximum Gasteiger partial charge on any atom is 0.329 e. The van der Waals surface area contributed by atoms with Gasteiger partial charge in [-0.15, -0.1) is 12.3 Å². The Balaban J connectivity index is 2.63. The van der Waals surface area contributed by atoms with E-state index in [-0.39, 0.29) is 12.5 Å². The van der Waals surface area contributed by atoms with Gasteiger partial charge in [-0.25, -0.2) is 4.79 Å². The highest BCUT2D eigenvalue weighted by Gasteiger charge is 2.21. The molecule has 0 aliphatic rings. The third-order valence-corrected chi connectivity index (χ3v) is 2.44. The minimum atomic E-state index is -0.683. The maximum atomic E-state index is 11.9. The average molecular weight is 259 g/mol. The van der Waals surface area contributed by atoms with E-state index in [1.54, 1.807) is 0 Å². The predicted molar refractivity (Wildman–Crippen MR) is 72.2 cm³/mol. The first kappa shape index (κ1) is 14.8. The van der Waals surface area contributed by atoms with E-state index < -0.39 is 12.0 Å². The molecule has 1 N–H and O–H groups in total. The normalized spacial score (nSPS) is 11.2. The first-order chi connectivity index (χ1) is 9.13. The molecule has 0 aliphatic carbocycles. The van der Waals surface area contributed by atoms with Crippen LogP contribution in [0.3, 0.4) is 0 Å². The van der Waals surface area contributed by atoms with Crippen LogP contribution in [0.5, 0.6) is 0 Å². The van der Waals surface area contributed by atoms with Crippen molar-refractivity contribution in [2.75, 3.05) is 6.61 Å². The zero-order chi connectivity index (χ0) is 14.1. The fourth-order valence-electron chi connectivity index (χ4n) is 1.60. The van der Waals surface area contributed by atoms with Crippen LogP contribution in [-0.4, -0.2) is 24.5 Å². The maximum absolute atomic E-state index is 11.9. The molecule has 1 rings (SSSR count). The van der Waals surface area contributed by atoms with Gasteiger partial charge in [0.05, 0.1) is 0 Å². The molecular weight excluding hydrogens is 242 g/mol. The molecular formula is C15H17NO3. The number of ether oxygens (including phenoxy) is 1. The summed E-state index contributed by atoms with van der Waals surface area (Å²) in [7, 11) is 0. The van der Waals surface area contributed by atoms with Crippen molar-refractivity contribution in [2.24, 2.45) is 0 Å². The van der Waals surface area contributed by atoms with Crippen LogP contribution in [-0.2, 0) is 20.7 Å². The van der Waals surface area contributed by atoms with Crippen LogP contribution in [0.4, 0.5) is 0 Å². The van der Waals surface area contributed by atoms with Crippen molar-refractivity contribution in [1.29, 1.82) is 0 Å². The van der Waals surface area contributed by atoms with Crippen molar-refractivity contribution < 1.29 is 14.3 Å². The second kappa shape index (κ2) is 7.93. The summed E-state index contributed by atoms with van der Waals surface area (Å²) in [6.45, 7) is 1.53. The highest BCUT2D eigenvalue weighted by Crippen LogP contribution is 2.05. The lowest BCUT2D eigenvalue weighted by atomic mass is 10.1. The summed E-state index contributed by atoms with van der Waals surface area (Å²) < 4.78 is 5.02. The quantitative estimate of drug-likeness (QED) is 0.476. The molecule has 4 nitrogen and oxygen atoms in total. The van der Waals surface area contributed by atoms with E-state index in [2.05, 4.69) is 11.2 Å². The van der Waals surface area contributed by atoms with Crippen molar-refractivity contribution in [3.63, 3.8) is 0 Å². The molecule has 0 bridgehead atoms. The van der Waals surface area contributed by atoms with Crippen molar-refractivity contribution in [2.45, 2.75) is 25.8 Å². The number of nitrogens with one attached hydrogen (secondary N) is 1. The van der Waals surface area contributed by atoms with E-state index in [0.717, 1.165) is 5.56 Å². The van der Waals surface area contributed by atoms with E-state index in [0.29, 0.717) is 12.8 Å². The largest absolute Gasteiger partial charge is 0.463 e. The number of benzene rings is 1. The molecule has 0 spiro atoms. The fourth-order valence-corrected chi connectivity index (χ4v) is 1.60. The first-order valence-electron chi connectivity index (χ1n) is 6.04. The summed E-state index contributed by atoms with van der Waals surface area (Å²) in [5, 5.41) is 2.59. The van der Waals surface area contributed by atoms with E-state index >= 15 is 0 Å². The van der Waals surface area contributed by atoms with E-state index in [1.165, 1.54) is 6.92 Å². The number of hydrogen-bond donors (Lipinski definition) is 1. The summed E-state index contributed by atoms with van der Waals surface area (Å²) in [6.07, 6.45) is 5.85. The van der Waals surface area contributed by atoms with Crippen molar-refractivity contribution >= 4 is 11.9 Å². The molecule has 1 atom stereocenters. The first-order valence-corrected chi connectivity index (χ1v) is 6.04. The van der Waals surface area contributed by atoms with Crippen molar-refractivity contribution in [1.82, 2.24) is 5.32 Å². The average Bonchev–Trinajstić information content (AvgIpc) is 2.39. The molecule has 0 saturated carbocycles. The molecule has 0 radical (unpaired) electrons. The van der Waals surface area contributed by atoms with Gasteiger partial charge in [-0.2, -0.15) is 0 Å². The highest BCUT2D eigenvalue weighted by atomic mass is 16.5. The minimum Gasteiger partial charge on any atom is -0.463 e. The molecule has 1 amide bonds. The van der Waals surface area contributed by atoms with Crippen LogP contribution in [0.2, 0.25) is 0 Å². The standard InChI is InChI=1S/C15H17NO3/c1-3-4-10-19-15(18)14(16-12(2)17)11-13-8-6-5-7-9-13/h1,5-9,14H,4,10-11H2,2H3,(H,16,17)/t14-/m0/s1. The second-order valence-corrected chi connectivity index (χ2v) is 4.06. The van der Waals surface area contributed by atoms with E-state index in [9.17, 15) is 9.59 Å². The Hall–Kier alpha value is -2.28. The number of esters is 1. The molecule has 0 unspecified atom stereocenters. The van der Waals surface area contributed by atoms with Crippen LogP contribution < -0.4 is 5.32 Å². The zero-order valence-electron chi connectivity index (χ0n) is 10.9. The number of carbonyl (C=O) groups excluding carboxylic acids is 2. The van der Waals surface area contributed by atoms with Crippen LogP contribution in [0, 0.1) is 12.3 Å². The Morgan fingerprint density at radius 1 is 1.37 bits per heavy atom. The van der Waals surface area contributed by atoms with Gasteiger partial charge in [-0.05, 0) is 5.56 Å². The molecule has 0 aliphatic heterocycles. The van der Waals surface area contributed by atoms with Crippen LogP contribution in [0.15, 0.2) is 30.3 Å². The topological polar surface area (TPSA) is 55.4 Å². The number of amides is 1. The van der Waals surface area contributed by atoms with Crippen LogP contribution >= 0.6 is 0 Å². The lowest BCUT2D eigenvalue weighted by molar-refractivity contribution is -0.147. The molecule has 1 aromatic carbocycles. The number of terminal acetylenes is 1. The summed E-state index contributed by atoms with van der Waals surface area (Å²) in [5.74, 6) is 1.66. The Labute approximate surface area is 113 Å². The third kappa shape index (κ3) is 5.73. The SMILES string of the molecule is C#CCCOC(=O)[C@H](Cc1ccccc1)NC(C)=O. The lowest BCUT2D eigenvalue weighted by Crippen LogP contribution is -2.42. The van der Waals surface area contributed by atoms with Gasteiger partial charge in [0, 0.05) is 19.8 Å². The van der Waals surface area contributed by atoms with Gasteiger partial charge in [0.2, 0.25) is 5.91 Å². The Kier molecular flexibility index (Phi) is 6.17. The Morgan fingerprint density at radius 3 is 2.63 bits per heavy atom. The molecule has 0 fully saturated rings. The Morgan fingerprint density at radius 2 is 2.05 bits per heavy atom. The fraction of sp³-hybridized carbons (Fsp3) is 0.333. The van der Waals surface area contributed by atoms with E-state index in [4.69, 9.17) is 11.2 Å². The molecule has 4 heteroatoms. The van der Waals surface area contributed by atoms with Gasteiger partial charge in [0.15, 0.2) is 0 Å². The molecule has 1 aromatic rings. The van der Waals surface area contributed by atoms with Crippen LogP contribution in [0.1, 0.15) is 18.9 Å². The minimum absolute atomic E-state index is 0.167. The van der Waals surface area contributed by atoms with Gasteiger partial charge < -0.3 is 10.1 Å². The Bertz CT molecular complexity index is 462. The van der Waals surface area contributed by atoms with Gasteiger partial charge in [0.25, 0.3) is 0 Å². The molecule has 19 heavy (non-hydrogen) atoms. The third-order valence-electron chi connectivity index (χ3n) is 2.44. The van der Waals surface area contributed by atoms with Crippen LogP contribution in [0.25, 0.3) is 0 Å². The summed E-state index contributed by atoms with van der Waals surface area (Å²) in [4.78, 5) is 23.0. The second-order valence-electron chi connectivity index (χ2n) is 4.06. The summed E-state index contributed by atoms with van der Waals surface area (Å²) in [6, 6.07) is 8.75. The monoisotopic (exact) mass is 259 g/mol. The van der Waals surface area contributed by atoms with E-state index in [1.807, 2.05) is 30.3 Å². The lowest BCUT2D eigenvalue weighted by Gasteiger charge is -2.16. The summed E-state index contributed by atoms with van der Waals surface area (Å²) >= 11 is 0. The zero-order valence-corrected chi connectivity index (χ0v) is 10.9. The van der Waals surface area contributed by atoms with Gasteiger partial charge in [0.1, 0.15) is 12.6 Å². The van der Waals surface area contributed by atoms with Gasteiger partial charge >= 0.3 is 5.97 Å². The predicted octanol–water partition coefficient (Wildman–Crippen LogP) is 1.30. The molecule has 100 valence electrons. The van der Waals surface area contributed by atoms with Gasteiger partial charge in [-0.3, -0.25) is 4.79 Å².